The molecule has 0 amide bonds. The third-order valence-corrected chi connectivity index (χ3v) is 1.42. The van der Waals surface area contributed by atoms with E-state index in [1.807, 2.05) is 0 Å². The highest BCUT2D eigenvalue weighted by molar-refractivity contribution is 6.21. The van der Waals surface area contributed by atoms with Crippen molar-refractivity contribution in [2.24, 2.45) is 0 Å². The smallest absolute Gasteiger partial charge is 0.202 e. The lowest BCUT2D eigenvalue weighted by molar-refractivity contribution is -0.0820. The SMILES string of the molecule is CON1C(=N)C=CNC1Cl. The molecule has 0 bridgehead atoms. The minimum absolute atomic E-state index is 0.237. The van der Waals surface area contributed by atoms with Gasteiger partial charge in [0, 0.05) is 6.20 Å². The fourth-order valence-corrected chi connectivity index (χ4v) is 0.918. The number of alkyl halides is 1. The zero-order valence-corrected chi connectivity index (χ0v) is 6.22. The van der Waals surface area contributed by atoms with Gasteiger partial charge in [-0.15, -0.1) is 0 Å². The van der Waals surface area contributed by atoms with Gasteiger partial charge in [-0.1, -0.05) is 11.6 Å². The largest absolute Gasteiger partial charge is 0.357 e. The van der Waals surface area contributed by atoms with Gasteiger partial charge in [0.1, 0.15) is 5.84 Å². The molecule has 0 saturated heterocycles. The summed E-state index contributed by atoms with van der Waals surface area (Å²) < 4.78 is 0. The fourth-order valence-electron chi connectivity index (χ4n) is 0.661. The van der Waals surface area contributed by atoms with Crippen molar-refractivity contribution in [1.82, 2.24) is 10.4 Å². The van der Waals surface area contributed by atoms with Gasteiger partial charge in [0.15, 0.2) is 0 Å². The maximum Gasteiger partial charge on any atom is 0.202 e. The molecular weight excluding hydrogens is 154 g/mol. The lowest BCUT2D eigenvalue weighted by atomic mass is 10.5. The highest BCUT2D eigenvalue weighted by Crippen LogP contribution is 2.06. The summed E-state index contributed by atoms with van der Waals surface area (Å²) in [5, 5.41) is 11.3. The molecule has 0 aliphatic carbocycles. The molecule has 0 fully saturated rings. The Morgan fingerprint density at radius 2 is 2.60 bits per heavy atom. The number of hydrogen-bond acceptors (Lipinski definition) is 3. The number of hydrogen-bond donors (Lipinski definition) is 2. The molecule has 1 aliphatic heterocycles. The Morgan fingerprint density at radius 3 is 3.00 bits per heavy atom. The second-order valence-electron chi connectivity index (χ2n) is 1.73. The van der Waals surface area contributed by atoms with E-state index >= 15 is 0 Å². The maximum absolute atomic E-state index is 7.27. The molecule has 1 aliphatic rings. The summed E-state index contributed by atoms with van der Waals surface area (Å²) in [5.41, 5.74) is -0.484. The molecule has 1 heterocycles. The molecule has 2 N–H and O–H groups in total. The molecule has 0 aromatic carbocycles. The van der Waals surface area contributed by atoms with Crippen molar-refractivity contribution in [3.8, 4) is 0 Å². The lowest BCUT2D eigenvalue weighted by Gasteiger charge is -2.28. The molecule has 5 heteroatoms. The van der Waals surface area contributed by atoms with E-state index in [1.54, 1.807) is 12.3 Å². The summed E-state index contributed by atoms with van der Waals surface area (Å²) in [6.45, 7) is 0. The number of amidine groups is 1. The van der Waals surface area contributed by atoms with Crippen molar-refractivity contribution in [3.63, 3.8) is 0 Å². The first-order chi connectivity index (χ1) is 4.75. The van der Waals surface area contributed by atoms with Crippen LogP contribution in [0.3, 0.4) is 0 Å². The first kappa shape index (κ1) is 7.37. The number of nitrogens with zero attached hydrogens (tertiary/aromatic N) is 1. The first-order valence-corrected chi connectivity index (χ1v) is 3.18. The van der Waals surface area contributed by atoms with E-state index in [9.17, 15) is 0 Å². The number of rotatable bonds is 1. The van der Waals surface area contributed by atoms with Crippen LogP contribution in [0, 0.1) is 5.41 Å². The van der Waals surface area contributed by atoms with Gasteiger partial charge in [-0.3, -0.25) is 10.2 Å². The van der Waals surface area contributed by atoms with Crippen LogP contribution in [0.25, 0.3) is 0 Å². The predicted octanol–water partition coefficient (Wildman–Crippen LogP) is 0.466. The number of nitrogens with one attached hydrogen (secondary N) is 2. The summed E-state index contributed by atoms with van der Waals surface area (Å²) in [6, 6.07) is 0. The summed E-state index contributed by atoms with van der Waals surface area (Å²) in [4.78, 5) is 4.78. The zero-order valence-electron chi connectivity index (χ0n) is 5.47. The van der Waals surface area contributed by atoms with Gasteiger partial charge < -0.3 is 5.32 Å². The molecule has 0 aromatic rings. The summed E-state index contributed by atoms with van der Waals surface area (Å²) in [7, 11) is 1.46. The van der Waals surface area contributed by atoms with Crippen LogP contribution in [0.4, 0.5) is 0 Å². The Kier molecular flexibility index (Phi) is 2.13. The monoisotopic (exact) mass is 161 g/mol. The van der Waals surface area contributed by atoms with Crippen molar-refractivity contribution in [1.29, 1.82) is 5.41 Å². The maximum atomic E-state index is 7.27. The van der Waals surface area contributed by atoms with Crippen LogP contribution in [0.5, 0.6) is 0 Å². The molecule has 1 unspecified atom stereocenters. The molecule has 1 rings (SSSR count). The van der Waals surface area contributed by atoms with Gasteiger partial charge in [-0.25, -0.2) is 0 Å². The van der Waals surface area contributed by atoms with Gasteiger partial charge in [0.25, 0.3) is 0 Å². The normalized spacial score (nSPS) is 24.8. The van der Waals surface area contributed by atoms with E-state index in [4.69, 9.17) is 21.8 Å². The highest BCUT2D eigenvalue weighted by Gasteiger charge is 2.18. The molecule has 10 heavy (non-hydrogen) atoms. The van der Waals surface area contributed by atoms with Crippen LogP contribution in [-0.4, -0.2) is 23.6 Å². The Bertz CT molecular complexity index is 170. The van der Waals surface area contributed by atoms with Gasteiger partial charge >= 0.3 is 0 Å². The van der Waals surface area contributed by atoms with Crippen LogP contribution in [0.1, 0.15) is 0 Å². The second-order valence-corrected chi connectivity index (χ2v) is 2.14. The Balaban J connectivity index is 2.68. The van der Waals surface area contributed by atoms with Crippen LogP contribution >= 0.6 is 11.6 Å². The molecular formula is C5H8ClN3O. The van der Waals surface area contributed by atoms with E-state index in [1.165, 1.54) is 12.2 Å². The van der Waals surface area contributed by atoms with E-state index in [0.29, 0.717) is 0 Å². The molecule has 0 saturated carbocycles. The Labute approximate surface area is 63.9 Å². The minimum Gasteiger partial charge on any atom is -0.357 e. The predicted molar refractivity (Wildman–Crippen MR) is 38.5 cm³/mol. The van der Waals surface area contributed by atoms with E-state index < -0.39 is 5.62 Å². The first-order valence-electron chi connectivity index (χ1n) is 2.74. The molecule has 0 aromatic heterocycles. The van der Waals surface area contributed by atoms with Crippen LogP contribution in [-0.2, 0) is 4.84 Å². The number of halogens is 1. The van der Waals surface area contributed by atoms with Crippen LogP contribution in [0.2, 0.25) is 0 Å². The van der Waals surface area contributed by atoms with E-state index in [0.717, 1.165) is 0 Å². The summed E-state index contributed by atoms with van der Waals surface area (Å²) in [5.74, 6) is 0.237. The number of hydroxylamine groups is 2. The second kappa shape index (κ2) is 2.90. The van der Waals surface area contributed by atoms with Gasteiger partial charge in [-0.2, -0.15) is 5.06 Å². The lowest BCUT2D eigenvalue weighted by Crippen LogP contribution is -2.44. The minimum atomic E-state index is -0.484. The molecule has 4 nitrogen and oxygen atoms in total. The summed E-state index contributed by atoms with van der Waals surface area (Å²) in [6.07, 6.45) is 3.16. The van der Waals surface area contributed by atoms with E-state index in [-0.39, 0.29) is 5.84 Å². The van der Waals surface area contributed by atoms with Crippen molar-refractivity contribution >= 4 is 17.4 Å². The highest BCUT2D eigenvalue weighted by atomic mass is 35.5. The van der Waals surface area contributed by atoms with Crippen molar-refractivity contribution < 1.29 is 4.84 Å². The fraction of sp³-hybridized carbons (Fsp3) is 0.400. The van der Waals surface area contributed by atoms with Gasteiger partial charge in [0.05, 0.1) is 7.11 Å². The molecule has 0 spiro atoms. The summed E-state index contributed by atoms with van der Waals surface area (Å²) >= 11 is 5.68. The van der Waals surface area contributed by atoms with Gasteiger partial charge in [-0.05, 0) is 6.08 Å². The average Bonchev–Trinajstić information content (AvgIpc) is 1.88. The quantitative estimate of drug-likeness (QED) is 0.434. The van der Waals surface area contributed by atoms with Crippen LogP contribution < -0.4 is 5.32 Å². The van der Waals surface area contributed by atoms with Crippen molar-refractivity contribution in [3.05, 3.63) is 12.3 Å². The Hall–Kier alpha value is -0.740. The standard InChI is InChI=1S/C5H8ClN3O/c1-10-9-4(7)2-3-8-5(9)6/h2-3,5,7-8H,1H3. The molecule has 56 valence electrons. The van der Waals surface area contributed by atoms with Crippen molar-refractivity contribution in [2.75, 3.05) is 7.11 Å². The van der Waals surface area contributed by atoms with E-state index in [2.05, 4.69) is 5.32 Å². The van der Waals surface area contributed by atoms with Gasteiger partial charge in [0.2, 0.25) is 5.62 Å². The molecule has 0 radical (unpaired) electrons. The topological polar surface area (TPSA) is 48.4 Å². The third kappa shape index (κ3) is 1.22. The van der Waals surface area contributed by atoms with Crippen LogP contribution in [0.15, 0.2) is 12.3 Å². The molecule has 1 atom stereocenters. The average molecular weight is 162 g/mol. The zero-order chi connectivity index (χ0) is 7.56. The third-order valence-electron chi connectivity index (χ3n) is 1.11. The Morgan fingerprint density at radius 1 is 1.90 bits per heavy atom. The van der Waals surface area contributed by atoms with Crippen molar-refractivity contribution in [2.45, 2.75) is 5.62 Å².